The van der Waals surface area contributed by atoms with Gasteiger partial charge in [0.25, 0.3) is 0 Å². The van der Waals surface area contributed by atoms with Crippen LogP contribution < -0.4 is 15.4 Å². The molecule has 0 saturated carbocycles. The topological polar surface area (TPSA) is 96.0 Å². The monoisotopic (exact) mass is 445 g/mol. The van der Waals surface area contributed by atoms with Gasteiger partial charge in [-0.3, -0.25) is 0 Å². The first kappa shape index (κ1) is 22.0. The van der Waals surface area contributed by atoms with Crippen molar-refractivity contribution in [1.29, 1.82) is 0 Å². The molecule has 9 heteroatoms. The van der Waals surface area contributed by atoms with Crippen LogP contribution in [0.15, 0.2) is 54.6 Å². The summed E-state index contributed by atoms with van der Waals surface area (Å²) in [5.74, 6) is 0.995. The minimum Gasteiger partial charge on any atom is -0.353 e. The summed E-state index contributed by atoms with van der Waals surface area (Å²) in [7, 11) is -3.45. The van der Waals surface area contributed by atoms with E-state index in [0.717, 1.165) is 11.4 Å². The SMILES string of the molecule is Cc1ccc(Nc2cc(C)nc(NCCNS(=O)(=O)Cc3ccc(Cl)cc3)n2)cc1. The molecule has 1 heterocycles. The van der Waals surface area contributed by atoms with Crippen molar-refractivity contribution in [2.24, 2.45) is 0 Å². The third-order valence-electron chi connectivity index (χ3n) is 4.18. The lowest BCUT2D eigenvalue weighted by atomic mass is 10.2. The normalized spacial score (nSPS) is 11.3. The second kappa shape index (κ2) is 9.88. The summed E-state index contributed by atoms with van der Waals surface area (Å²) in [4.78, 5) is 8.79. The first-order chi connectivity index (χ1) is 14.3. The van der Waals surface area contributed by atoms with Crippen LogP contribution in [0.2, 0.25) is 5.02 Å². The molecular weight excluding hydrogens is 422 g/mol. The fraction of sp³-hybridized carbons (Fsp3) is 0.238. The fourth-order valence-corrected chi connectivity index (χ4v) is 4.00. The zero-order valence-corrected chi connectivity index (χ0v) is 18.4. The number of halogens is 1. The van der Waals surface area contributed by atoms with Crippen LogP contribution in [-0.2, 0) is 15.8 Å². The zero-order chi connectivity index (χ0) is 21.6. The van der Waals surface area contributed by atoms with Crippen molar-refractivity contribution in [2.45, 2.75) is 19.6 Å². The van der Waals surface area contributed by atoms with Crippen molar-refractivity contribution in [3.05, 3.63) is 76.4 Å². The molecule has 3 rings (SSSR count). The van der Waals surface area contributed by atoms with Gasteiger partial charge in [0.05, 0.1) is 5.75 Å². The Morgan fingerprint density at radius 2 is 1.63 bits per heavy atom. The molecule has 0 saturated heterocycles. The molecule has 0 aliphatic rings. The van der Waals surface area contributed by atoms with E-state index in [0.29, 0.717) is 28.9 Å². The van der Waals surface area contributed by atoms with Gasteiger partial charge in [-0.05, 0) is 43.7 Å². The lowest BCUT2D eigenvalue weighted by Crippen LogP contribution is -2.30. The van der Waals surface area contributed by atoms with Gasteiger partial charge >= 0.3 is 0 Å². The maximum Gasteiger partial charge on any atom is 0.224 e. The van der Waals surface area contributed by atoms with E-state index >= 15 is 0 Å². The predicted octanol–water partition coefficient (Wildman–Crippen LogP) is 4.02. The smallest absolute Gasteiger partial charge is 0.224 e. The number of nitrogens with one attached hydrogen (secondary N) is 3. The molecule has 0 amide bonds. The van der Waals surface area contributed by atoms with Gasteiger partial charge in [0.1, 0.15) is 5.82 Å². The number of aromatic nitrogens is 2. The summed E-state index contributed by atoms with van der Waals surface area (Å²) in [5, 5.41) is 6.88. The Morgan fingerprint density at radius 1 is 0.933 bits per heavy atom. The van der Waals surface area contributed by atoms with Crippen LogP contribution >= 0.6 is 11.6 Å². The molecule has 3 N–H and O–H groups in total. The fourth-order valence-electron chi connectivity index (χ4n) is 2.73. The molecule has 0 aliphatic heterocycles. The summed E-state index contributed by atoms with van der Waals surface area (Å²) in [6.45, 7) is 4.48. The van der Waals surface area contributed by atoms with Crippen LogP contribution in [0.4, 0.5) is 17.5 Å². The van der Waals surface area contributed by atoms with Crippen molar-refractivity contribution in [1.82, 2.24) is 14.7 Å². The van der Waals surface area contributed by atoms with Crippen molar-refractivity contribution < 1.29 is 8.42 Å². The van der Waals surface area contributed by atoms with Crippen molar-refractivity contribution >= 4 is 39.1 Å². The van der Waals surface area contributed by atoms with E-state index in [9.17, 15) is 8.42 Å². The van der Waals surface area contributed by atoms with E-state index in [2.05, 4.69) is 25.3 Å². The maximum absolute atomic E-state index is 12.2. The van der Waals surface area contributed by atoms with E-state index in [1.54, 1.807) is 24.3 Å². The number of anilines is 3. The minimum atomic E-state index is -3.45. The Balaban J connectivity index is 1.52. The Hall–Kier alpha value is -2.68. The Bertz CT molecular complexity index is 1090. The number of nitrogens with zero attached hydrogens (tertiary/aromatic N) is 2. The molecule has 1 aromatic heterocycles. The van der Waals surface area contributed by atoms with Gasteiger partial charge in [-0.25, -0.2) is 18.1 Å². The highest BCUT2D eigenvalue weighted by molar-refractivity contribution is 7.88. The molecule has 30 heavy (non-hydrogen) atoms. The van der Waals surface area contributed by atoms with Crippen LogP contribution in [0, 0.1) is 13.8 Å². The largest absolute Gasteiger partial charge is 0.353 e. The van der Waals surface area contributed by atoms with Gasteiger partial charge in [0, 0.05) is 35.6 Å². The van der Waals surface area contributed by atoms with Gasteiger partial charge in [-0.1, -0.05) is 41.4 Å². The summed E-state index contributed by atoms with van der Waals surface area (Å²) in [6.07, 6.45) is 0. The third-order valence-corrected chi connectivity index (χ3v) is 5.79. The van der Waals surface area contributed by atoms with Crippen LogP contribution in [0.1, 0.15) is 16.8 Å². The quantitative estimate of drug-likeness (QED) is 0.430. The third kappa shape index (κ3) is 6.98. The predicted molar refractivity (Wildman–Crippen MR) is 122 cm³/mol. The van der Waals surface area contributed by atoms with Crippen LogP contribution in [-0.4, -0.2) is 31.5 Å². The molecule has 3 aromatic rings. The van der Waals surface area contributed by atoms with E-state index in [4.69, 9.17) is 11.6 Å². The average Bonchev–Trinajstić information content (AvgIpc) is 2.68. The van der Waals surface area contributed by atoms with E-state index in [1.165, 1.54) is 5.56 Å². The summed E-state index contributed by atoms with van der Waals surface area (Å²) >= 11 is 5.83. The van der Waals surface area contributed by atoms with Gasteiger partial charge in [-0.15, -0.1) is 0 Å². The van der Waals surface area contributed by atoms with E-state index < -0.39 is 10.0 Å². The summed E-state index contributed by atoms with van der Waals surface area (Å²) in [5.41, 5.74) is 3.58. The minimum absolute atomic E-state index is 0.101. The highest BCUT2D eigenvalue weighted by Gasteiger charge is 2.11. The molecule has 0 bridgehead atoms. The van der Waals surface area contributed by atoms with Crippen molar-refractivity contribution in [3.63, 3.8) is 0 Å². The Morgan fingerprint density at radius 3 is 2.33 bits per heavy atom. The lowest BCUT2D eigenvalue weighted by Gasteiger charge is -2.11. The van der Waals surface area contributed by atoms with E-state index in [1.807, 2.05) is 44.2 Å². The molecule has 7 nitrogen and oxygen atoms in total. The standard InChI is InChI=1S/C21H24ClN5O2S/c1-15-3-9-19(10-4-15)26-20-13-16(2)25-21(27-20)23-11-12-24-30(28,29)14-17-5-7-18(22)8-6-17/h3-10,13,24H,11-12,14H2,1-2H3,(H2,23,25,26,27). The van der Waals surface area contributed by atoms with Crippen LogP contribution in [0.5, 0.6) is 0 Å². The van der Waals surface area contributed by atoms with E-state index in [-0.39, 0.29) is 12.3 Å². The first-order valence-corrected chi connectivity index (χ1v) is 11.5. The van der Waals surface area contributed by atoms with Crippen molar-refractivity contribution in [3.8, 4) is 0 Å². The molecular formula is C21H24ClN5O2S. The highest BCUT2D eigenvalue weighted by Crippen LogP contribution is 2.17. The molecule has 158 valence electrons. The Labute approximate surface area is 182 Å². The molecule has 0 spiro atoms. The van der Waals surface area contributed by atoms with Gasteiger partial charge in [0.2, 0.25) is 16.0 Å². The van der Waals surface area contributed by atoms with Crippen LogP contribution in [0.25, 0.3) is 0 Å². The molecule has 2 aromatic carbocycles. The lowest BCUT2D eigenvalue weighted by molar-refractivity contribution is 0.582. The number of hydrogen-bond donors (Lipinski definition) is 3. The number of hydrogen-bond acceptors (Lipinski definition) is 6. The number of sulfonamides is 1. The molecule has 0 unspecified atom stereocenters. The summed E-state index contributed by atoms with van der Waals surface area (Å²) in [6, 6.07) is 16.6. The first-order valence-electron chi connectivity index (χ1n) is 9.44. The van der Waals surface area contributed by atoms with Gasteiger partial charge < -0.3 is 10.6 Å². The zero-order valence-electron chi connectivity index (χ0n) is 16.8. The highest BCUT2D eigenvalue weighted by atomic mass is 35.5. The number of benzene rings is 2. The molecule has 0 aliphatic carbocycles. The number of rotatable bonds is 9. The average molecular weight is 446 g/mol. The van der Waals surface area contributed by atoms with Gasteiger partial charge in [-0.2, -0.15) is 4.98 Å². The number of aryl methyl sites for hydroxylation is 2. The second-order valence-electron chi connectivity index (χ2n) is 6.92. The molecule has 0 radical (unpaired) electrons. The maximum atomic E-state index is 12.2. The van der Waals surface area contributed by atoms with Crippen LogP contribution in [0.3, 0.4) is 0 Å². The molecule has 0 fully saturated rings. The van der Waals surface area contributed by atoms with Gasteiger partial charge in [0.15, 0.2) is 0 Å². The Kier molecular flexibility index (Phi) is 7.25. The molecule has 0 atom stereocenters. The van der Waals surface area contributed by atoms with Crippen molar-refractivity contribution in [2.75, 3.05) is 23.7 Å². The second-order valence-corrected chi connectivity index (χ2v) is 9.16. The summed E-state index contributed by atoms with van der Waals surface area (Å²) < 4.78 is 27.0.